The number of phenols is 1. The molecule has 0 heterocycles. The van der Waals surface area contributed by atoms with Crippen LogP contribution in [0.3, 0.4) is 0 Å². The number of ketones is 1. The predicted molar refractivity (Wildman–Crippen MR) is 58.6 cm³/mol. The fraction of sp³-hybridized carbons (Fsp3) is 0.333. The number of rotatable bonds is 1. The lowest BCUT2D eigenvalue weighted by atomic mass is 10.1. The molecule has 86 valence electrons. The number of carbonyl (C=O) groups excluding carboxylic acids is 1. The van der Waals surface area contributed by atoms with E-state index in [4.69, 9.17) is 10.2 Å². The van der Waals surface area contributed by atoms with Crippen LogP contribution < -0.4 is 0 Å². The molecular weight excluding hydrogens is 208 g/mol. The van der Waals surface area contributed by atoms with Crippen molar-refractivity contribution in [2.24, 2.45) is 5.92 Å². The van der Waals surface area contributed by atoms with Gasteiger partial charge in [0.2, 0.25) is 0 Å². The average molecular weight is 222 g/mol. The largest absolute Gasteiger partial charge is 0.507 e. The molecular formula is C12H14O4. The topological polar surface area (TPSA) is 74.6 Å². The van der Waals surface area contributed by atoms with Gasteiger partial charge in [-0.15, -0.1) is 0 Å². The fourth-order valence-corrected chi connectivity index (χ4v) is 1.07. The Bertz CT molecular complexity index is 423. The van der Waals surface area contributed by atoms with Gasteiger partial charge in [-0.2, -0.15) is 0 Å². The summed E-state index contributed by atoms with van der Waals surface area (Å²) in [5.41, 5.74) is 0.781. The summed E-state index contributed by atoms with van der Waals surface area (Å²) < 4.78 is 0. The van der Waals surface area contributed by atoms with Crippen LogP contribution in [-0.2, 0) is 4.79 Å². The second-order valence-electron chi connectivity index (χ2n) is 3.90. The lowest BCUT2D eigenvalue weighted by molar-refractivity contribution is -0.110. The average Bonchev–Trinajstić information content (AvgIpc) is 2.79. The van der Waals surface area contributed by atoms with E-state index in [0.717, 1.165) is 12.0 Å². The van der Waals surface area contributed by atoms with Crippen LogP contribution in [0, 0.1) is 12.8 Å². The maximum absolute atomic E-state index is 10.4. The molecule has 0 saturated heterocycles. The summed E-state index contributed by atoms with van der Waals surface area (Å²) in [6, 6.07) is 4.44. The Hall–Kier alpha value is -1.84. The molecule has 0 aliphatic heterocycles. The Morgan fingerprint density at radius 2 is 1.94 bits per heavy atom. The van der Waals surface area contributed by atoms with Gasteiger partial charge in [0.05, 0.1) is 0 Å². The third kappa shape index (κ3) is 3.38. The number of aromatic carboxylic acids is 1. The van der Waals surface area contributed by atoms with Crippen molar-refractivity contribution in [3.63, 3.8) is 0 Å². The molecule has 1 atom stereocenters. The Morgan fingerprint density at radius 3 is 2.25 bits per heavy atom. The van der Waals surface area contributed by atoms with E-state index in [0.29, 0.717) is 11.7 Å². The van der Waals surface area contributed by atoms with Crippen molar-refractivity contribution in [1.82, 2.24) is 0 Å². The molecule has 4 nitrogen and oxygen atoms in total. The van der Waals surface area contributed by atoms with Gasteiger partial charge < -0.3 is 10.2 Å². The zero-order valence-electron chi connectivity index (χ0n) is 9.23. The molecule has 0 bridgehead atoms. The number of carboxylic acids is 1. The molecule has 1 aromatic carbocycles. The van der Waals surface area contributed by atoms with Crippen molar-refractivity contribution in [2.75, 3.05) is 0 Å². The molecule has 1 aromatic rings. The van der Waals surface area contributed by atoms with Gasteiger partial charge in [0.1, 0.15) is 17.1 Å². The quantitative estimate of drug-likeness (QED) is 0.762. The Kier molecular flexibility index (Phi) is 3.66. The molecule has 0 amide bonds. The van der Waals surface area contributed by atoms with Crippen LogP contribution in [0.4, 0.5) is 0 Å². The Labute approximate surface area is 93.5 Å². The standard InChI is InChI=1S/C8H8O3.C4H6O/c1-5-2-3-6(8(10)11)7(9)4-5;1-3-2-4(3)5/h2-4,9H,1H3,(H,10,11);3H,2H2,1H3. The first-order valence-electron chi connectivity index (χ1n) is 4.97. The van der Waals surface area contributed by atoms with Crippen LogP contribution in [0.2, 0.25) is 0 Å². The SMILES string of the molecule is CC1CC1=O.Cc1ccc(C(=O)O)c(O)c1. The first-order chi connectivity index (χ1) is 7.41. The van der Waals surface area contributed by atoms with Crippen molar-refractivity contribution >= 4 is 11.8 Å². The number of Topliss-reactive ketones (excluding diaryl/α,β-unsaturated/α-hetero) is 1. The molecule has 1 unspecified atom stereocenters. The van der Waals surface area contributed by atoms with Gasteiger partial charge in [0.25, 0.3) is 0 Å². The molecule has 1 saturated carbocycles. The molecule has 1 aliphatic carbocycles. The molecule has 0 aromatic heterocycles. The van der Waals surface area contributed by atoms with E-state index in [1.165, 1.54) is 12.1 Å². The van der Waals surface area contributed by atoms with Gasteiger partial charge in [0.15, 0.2) is 0 Å². The van der Waals surface area contributed by atoms with E-state index < -0.39 is 5.97 Å². The monoisotopic (exact) mass is 222 g/mol. The maximum Gasteiger partial charge on any atom is 0.339 e. The minimum atomic E-state index is -1.11. The van der Waals surface area contributed by atoms with Crippen molar-refractivity contribution in [2.45, 2.75) is 20.3 Å². The summed E-state index contributed by atoms with van der Waals surface area (Å²) in [7, 11) is 0. The number of hydrogen-bond donors (Lipinski definition) is 2. The van der Waals surface area contributed by atoms with Crippen molar-refractivity contribution in [3.8, 4) is 5.75 Å². The molecule has 1 aliphatic rings. The van der Waals surface area contributed by atoms with Crippen LogP contribution in [0.25, 0.3) is 0 Å². The third-order valence-corrected chi connectivity index (χ3v) is 2.28. The van der Waals surface area contributed by atoms with Crippen molar-refractivity contribution in [1.29, 1.82) is 0 Å². The molecule has 0 spiro atoms. The zero-order valence-corrected chi connectivity index (χ0v) is 9.23. The van der Waals surface area contributed by atoms with Crippen LogP contribution in [0.5, 0.6) is 5.75 Å². The zero-order chi connectivity index (χ0) is 12.3. The third-order valence-electron chi connectivity index (χ3n) is 2.28. The summed E-state index contributed by atoms with van der Waals surface area (Å²) in [6.45, 7) is 3.73. The fourth-order valence-electron chi connectivity index (χ4n) is 1.07. The first kappa shape index (κ1) is 12.2. The van der Waals surface area contributed by atoms with Crippen molar-refractivity contribution in [3.05, 3.63) is 29.3 Å². The highest BCUT2D eigenvalue weighted by Crippen LogP contribution is 2.21. The number of aromatic hydroxyl groups is 1. The highest BCUT2D eigenvalue weighted by molar-refractivity contribution is 5.95. The van der Waals surface area contributed by atoms with Gasteiger partial charge in [-0.1, -0.05) is 13.0 Å². The highest BCUT2D eigenvalue weighted by Gasteiger charge is 2.28. The van der Waals surface area contributed by atoms with Crippen LogP contribution in [0.1, 0.15) is 29.3 Å². The molecule has 1 fully saturated rings. The van der Waals surface area contributed by atoms with E-state index in [-0.39, 0.29) is 11.3 Å². The first-order valence-corrected chi connectivity index (χ1v) is 4.97. The number of benzene rings is 1. The number of carboxylic acid groups (broad SMARTS) is 1. The van der Waals surface area contributed by atoms with E-state index in [2.05, 4.69) is 0 Å². The van der Waals surface area contributed by atoms with E-state index in [1.807, 2.05) is 6.92 Å². The summed E-state index contributed by atoms with van der Waals surface area (Å²) in [5, 5.41) is 17.6. The molecule has 2 rings (SSSR count). The smallest absolute Gasteiger partial charge is 0.339 e. The number of carbonyl (C=O) groups is 2. The van der Waals surface area contributed by atoms with Crippen LogP contribution in [0.15, 0.2) is 18.2 Å². The number of aryl methyl sites for hydroxylation is 1. The maximum atomic E-state index is 10.4. The van der Waals surface area contributed by atoms with E-state index in [9.17, 15) is 9.59 Å². The van der Waals surface area contributed by atoms with Crippen LogP contribution in [-0.4, -0.2) is 22.0 Å². The summed E-state index contributed by atoms with van der Waals surface area (Å²) >= 11 is 0. The second-order valence-corrected chi connectivity index (χ2v) is 3.90. The minimum absolute atomic E-state index is 0.0596. The van der Waals surface area contributed by atoms with Gasteiger partial charge in [0, 0.05) is 12.3 Å². The van der Waals surface area contributed by atoms with E-state index in [1.54, 1.807) is 13.0 Å². The molecule has 16 heavy (non-hydrogen) atoms. The highest BCUT2D eigenvalue weighted by atomic mass is 16.4. The summed E-state index contributed by atoms with van der Waals surface area (Å²) in [5.74, 6) is -0.458. The van der Waals surface area contributed by atoms with Gasteiger partial charge in [-0.3, -0.25) is 4.79 Å². The van der Waals surface area contributed by atoms with Crippen LogP contribution >= 0.6 is 0 Å². The minimum Gasteiger partial charge on any atom is -0.507 e. The summed E-state index contributed by atoms with van der Waals surface area (Å²) in [6.07, 6.45) is 0.833. The lowest BCUT2D eigenvalue weighted by Crippen LogP contribution is -1.96. The van der Waals surface area contributed by atoms with Crippen molar-refractivity contribution < 1.29 is 19.8 Å². The van der Waals surface area contributed by atoms with Gasteiger partial charge in [-0.05, 0) is 24.6 Å². The lowest BCUT2D eigenvalue weighted by Gasteiger charge is -1.98. The molecule has 4 heteroatoms. The predicted octanol–water partition coefficient (Wildman–Crippen LogP) is 1.99. The second kappa shape index (κ2) is 4.79. The van der Waals surface area contributed by atoms with Gasteiger partial charge >= 0.3 is 5.97 Å². The Morgan fingerprint density at radius 1 is 1.44 bits per heavy atom. The van der Waals surface area contributed by atoms with Gasteiger partial charge in [-0.25, -0.2) is 4.79 Å². The normalized spacial score (nSPS) is 17.4. The summed E-state index contributed by atoms with van der Waals surface area (Å²) in [4.78, 5) is 20.3. The number of hydrogen-bond acceptors (Lipinski definition) is 3. The Balaban J connectivity index is 0.000000212. The molecule has 0 radical (unpaired) electrons. The molecule has 2 N–H and O–H groups in total. The van der Waals surface area contributed by atoms with E-state index >= 15 is 0 Å².